The van der Waals surface area contributed by atoms with E-state index < -0.39 is 0 Å². The molecule has 0 aromatic carbocycles. The van der Waals surface area contributed by atoms with Crippen molar-refractivity contribution in [1.29, 1.82) is 0 Å². The van der Waals surface area contributed by atoms with Crippen LogP contribution >= 0.6 is 0 Å². The molecule has 1 fully saturated rings. The maximum atomic E-state index is 11.4. The lowest BCUT2D eigenvalue weighted by Crippen LogP contribution is -2.49. The predicted octanol–water partition coefficient (Wildman–Crippen LogP) is -0.356. The van der Waals surface area contributed by atoms with E-state index in [4.69, 9.17) is 5.73 Å². The van der Waals surface area contributed by atoms with Crippen LogP contribution in [0.5, 0.6) is 0 Å². The van der Waals surface area contributed by atoms with Crippen LogP contribution in [-0.4, -0.2) is 48.6 Å². The standard InChI is InChI=1S/C11H22N4O2/c1-8(2)14-10(16)7-13-9-3-5-15(6-4-9)11(12)17/h8-9,13H,3-7H2,1-2H3,(H2,12,17)(H,14,16). The molecule has 0 spiro atoms. The Kier molecular flexibility index (Phi) is 5.21. The van der Waals surface area contributed by atoms with Crippen molar-refractivity contribution < 1.29 is 9.59 Å². The summed E-state index contributed by atoms with van der Waals surface area (Å²) in [6.07, 6.45) is 1.69. The number of urea groups is 1. The van der Waals surface area contributed by atoms with E-state index in [-0.39, 0.29) is 18.0 Å². The third-order valence-corrected chi connectivity index (χ3v) is 2.81. The van der Waals surface area contributed by atoms with Gasteiger partial charge in [0.1, 0.15) is 0 Å². The lowest BCUT2D eigenvalue weighted by molar-refractivity contribution is -0.120. The van der Waals surface area contributed by atoms with Gasteiger partial charge in [0.15, 0.2) is 0 Å². The van der Waals surface area contributed by atoms with E-state index in [2.05, 4.69) is 10.6 Å². The quantitative estimate of drug-likeness (QED) is 0.629. The van der Waals surface area contributed by atoms with Crippen molar-refractivity contribution in [3.05, 3.63) is 0 Å². The summed E-state index contributed by atoms with van der Waals surface area (Å²) >= 11 is 0. The SMILES string of the molecule is CC(C)NC(=O)CNC1CCN(C(N)=O)CC1. The molecule has 0 atom stereocenters. The maximum Gasteiger partial charge on any atom is 0.314 e. The summed E-state index contributed by atoms with van der Waals surface area (Å²) in [5.74, 6) is 0.0114. The fraction of sp³-hybridized carbons (Fsp3) is 0.818. The summed E-state index contributed by atoms with van der Waals surface area (Å²) in [7, 11) is 0. The predicted molar refractivity (Wildman–Crippen MR) is 65.5 cm³/mol. The van der Waals surface area contributed by atoms with Gasteiger partial charge in [-0.05, 0) is 26.7 Å². The highest BCUT2D eigenvalue weighted by molar-refractivity contribution is 5.78. The van der Waals surface area contributed by atoms with Crippen LogP contribution < -0.4 is 16.4 Å². The van der Waals surface area contributed by atoms with Crippen LogP contribution in [0.4, 0.5) is 4.79 Å². The molecule has 98 valence electrons. The highest BCUT2D eigenvalue weighted by Crippen LogP contribution is 2.09. The Morgan fingerprint density at radius 1 is 1.35 bits per heavy atom. The zero-order valence-corrected chi connectivity index (χ0v) is 10.5. The van der Waals surface area contributed by atoms with Crippen LogP contribution in [-0.2, 0) is 4.79 Å². The topological polar surface area (TPSA) is 87.5 Å². The van der Waals surface area contributed by atoms with Gasteiger partial charge in [0.05, 0.1) is 6.54 Å². The minimum Gasteiger partial charge on any atom is -0.353 e. The van der Waals surface area contributed by atoms with Crippen molar-refractivity contribution in [2.45, 2.75) is 38.8 Å². The second-order valence-electron chi connectivity index (χ2n) is 4.70. The summed E-state index contributed by atoms with van der Waals surface area (Å²) in [5, 5.41) is 6.02. The number of amides is 3. The van der Waals surface area contributed by atoms with Crippen LogP contribution in [0, 0.1) is 0 Å². The lowest BCUT2D eigenvalue weighted by atomic mass is 10.1. The summed E-state index contributed by atoms with van der Waals surface area (Å²) < 4.78 is 0. The van der Waals surface area contributed by atoms with Crippen LogP contribution in [0.2, 0.25) is 0 Å². The molecule has 0 radical (unpaired) electrons. The summed E-state index contributed by atoms with van der Waals surface area (Å²) in [6, 6.07) is 0.102. The van der Waals surface area contributed by atoms with Gasteiger partial charge in [-0.15, -0.1) is 0 Å². The van der Waals surface area contributed by atoms with Crippen LogP contribution in [0.1, 0.15) is 26.7 Å². The normalized spacial score (nSPS) is 17.2. The van der Waals surface area contributed by atoms with Gasteiger partial charge >= 0.3 is 6.03 Å². The number of primary amides is 1. The van der Waals surface area contributed by atoms with Gasteiger partial charge in [0, 0.05) is 25.2 Å². The Morgan fingerprint density at radius 2 is 1.94 bits per heavy atom. The molecule has 0 bridgehead atoms. The van der Waals surface area contributed by atoms with Gasteiger partial charge < -0.3 is 21.3 Å². The number of carbonyl (C=O) groups is 2. The molecule has 6 heteroatoms. The number of nitrogens with one attached hydrogen (secondary N) is 2. The van der Waals surface area contributed by atoms with Crippen molar-refractivity contribution in [2.75, 3.05) is 19.6 Å². The molecule has 6 nitrogen and oxygen atoms in total. The number of hydrogen-bond donors (Lipinski definition) is 3. The van der Waals surface area contributed by atoms with Crippen molar-refractivity contribution in [3.8, 4) is 0 Å². The molecule has 1 aliphatic rings. The van der Waals surface area contributed by atoms with E-state index in [0.717, 1.165) is 12.8 Å². The average molecular weight is 242 g/mol. The Balaban J connectivity index is 2.18. The molecule has 0 unspecified atom stereocenters. The van der Waals surface area contributed by atoms with E-state index in [1.807, 2.05) is 13.8 Å². The monoisotopic (exact) mass is 242 g/mol. The average Bonchev–Trinajstić information content (AvgIpc) is 2.26. The molecule has 1 rings (SSSR count). The third-order valence-electron chi connectivity index (χ3n) is 2.81. The second-order valence-corrected chi connectivity index (χ2v) is 4.70. The van der Waals surface area contributed by atoms with E-state index in [1.54, 1.807) is 4.90 Å². The molecular formula is C11H22N4O2. The van der Waals surface area contributed by atoms with Crippen molar-refractivity contribution in [2.24, 2.45) is 5.73 Å². The third kappa shape index (κ3) is 5.04. The van der Waals surface area contributed by atoms with Crippen molar-refractivity contribution in [1.82, 2.24) is 15.5 Å². The van der Waals surface area contributed by atoms with E-state index >= 15 is 0 Å². The number of piperidine rings is 1. The Bertz CT molecular complexity index is 273. The summed E-state index contributed by atoms with van der Waals surface area (Å²) in [6.45, 7) is 5.53. The van der Waals surface area contributed by atoms with Gasteiger partial charge in [-0.3, -0.25) is 4.79 Å². The number of rotatable bonds is 4. The maximum absolute atomic E-state index is 11.4. The first-order valence-electron chi connectivity index (χ1n) is 6.06. The number of nitrogens with two attached hydrogens (primary N) is 1. The van der Waals surface area contributed by atoms with Gasteiger partial charge in [-0.2, -0.15) is 0 Å². The van der Waals surface area contributed by atoms with Crippen LogP contribution in [0.15, 0.2) is 0 Å². The van der Waals surface area contributed by atoms with E-state index in [1.165, 1.54) is 0 Å². The fourth-order valence-electron chi connectivity index (χ4n) is 1.91. The van der Waals surface area contributed by atoms with Crippen molar-refractivity contribution >= 4 is 11.9 Å². The lowest BCUT2D eigenvalue weighted by Gasteiger charge is -2.31. The molecule has 0 aliphatic carbocycles. The first-order chi connectivity index (χ1) is 7.99. The second kappa shape index (κ2) is 6.44. The molecule has 17 heavy (non-hydrogen) atoms. The van der Waals surface area contributed by atoms with Crippen LogP contribution in [0.3, 0.4) is 0 Å². The molecule has 3 amide bonds. The van der Waals surface area contributed by atoms with Gasteiger partial charge in [0.2, 0.25) is 5.91 Å². The smallest absolute Gasteiger partial charge is 0.314 e. The zero-order chi connectivity index (χ0) is 12.8. The number of nitrogens with zero attached hydrogens (tertiary/aromatic N) is 1. The Morgan fingerprint density at radius 3 is 2.41 bits per heavy atom. The largest absolute Gasteiger partial charge is 0.353 e. The minimum atomic E-state index is -0.360. The highest BCUT2D eigenvalue weighted by Gasteiger charge is 2.21. The fourth-order valence-corrected chi connectivity index (χ4v) is 1.91. The molecule has 1 heterocycles. The van der Waals surface area contributed by atoms with E-state index in [9.17, 15) is 9.59 Å². The number of hydrogen-bond acceptors (Lipinski definition) is 3. The molecule has 4 N–H and O–H groups in total. The molecular weight excluding hydrogens is 220 g/mol. The number of likely N-dealkylation sites (tertiary alicyclic amines) is 1. The van der Waals surface area contributed by atoms with Gasteiger partial charge in [-0.1, -0.05) is 0 Å². The first kappa shape index (κ1) is 13.8. The van der Waals surface area contributed by atoms with Gasteiger partial charge in [-0.25, -0.2) is 4.79 Å². The molecule has 0 aromatic heterocycles. The molecule has 0 saturated carbocycles. The van der Waals surface area contributed by atoms with Gasteiger partial charge in [0.25, 0.3) is 0 Å². The van der Waals surface area contributed by atoms with Crippen LogP contribution in [0.25, 0.3) is 0 Å². The molecule has 1 aliphatic heterocycles. The molecule has 0 aromatic rings. The first-order valence-corrected chi connectivity index (χ1v) is 6.06. The summed E-state index contributed by atoms with van der Waals surface area (Å²) in [5.41, 5.74) is 5.19. The Hall–Kier alpha value is -1.30. The van der Waals surface area contributed by atoms with Crippen molar-refractivity contribution in [3.63, 3.8) is 0 Å². The zero-order valence-electron chi connectivity index (χ0n) is 10.5. The number of carbonyl (C=O) groups excluding carboxylic acids is 2. The Labute approximate surface area is 102 Å². The molecule has 1 saturated heterocycles. The minimum absolute atomic E-state index is 0.0114. The highest BCUT2D eigenvalue weighted by atomic mass is 16.2. The van der Waals surface area contributed by atoms with E-state index in [0.29, 0.717) is 25.7 Å². The summed E-state index contributed by atoms with van der Waals surface area (Å²) in [4.78, 5) is 24.0.